The Hall–Kier alpha value is -1.90. The van der Waals surface area contributed by atoms with E-state index in [0.29, 0.717) is 30.1 Å². The van der Waals surface area contributed by atoms with Crippen molar-refractivity contribution in [1.29, 1.82) is 0 Å². The van der Waals surface area contributed by atoms with Gasteiger partial charge in [0.15, 0.2) is 5.03 Å². The second kappa shape index (κ2) is 7.15. The molecular formula is C16H19ClN4O3S. The molecule has 7 nitrogen and oxygen atoms in total. The summed E-state index contributed by atoms with van der Waals surface area (Å²) in [5.41, 5.74) is 0.599. The smallest absolute Gasteiger partial charge is 0.262 e. The van der Waals surface area contributed by atoms with Crippen molar-refractivity contribution in [2.75, 3.05) is 18.4 Å². The van der Waals surface area contributed by atoms with Gasteiger partial charge in [0.25, 0.3) is 10.0 Å². The van der Waals surface area contributed by atoms with Crippen molar-refractivity contribution in [3.05, 3.63) is 41.8 Å². The van der Waals surface area contributed by atoms with Crippen molar-refractivity contribution < 1.29 is 13.2 Å². The molecule has 0 aliphatic carbocycles. The predicted molar refractivity (Wildman–Crippen MR) is 94.8 cm³/mol. The number of halogens is 1. The monoisotopic (exact) mass is 382 g/mol. The van der Waals surface area contributed by atoms with Gasteiger partial charge in [0.1, 0.15) is 0 Å². The minimum absolute atomic E-state index is 0.00546. The average molecular weight is 383 g/mol. The number of nitrogens with one attached hydrogen (secondary N) is 1. The molecule has 1 N–H and O–H groups in total. The highest BCUT2D eigenvalue weighted by Gasteiger charge is 2.34. The van der Waals surface area contributed by atoms with Gasteiger partial charge in [-0.1, -0.05) is 17.7 Å². The van der Waals surface area contributed by atoms with E-state index >= 15 is 0 Å². The lowest BCUT2D eigenvalue weighted by Crippen LogP contribution is -2.43. The van der Waals surface area contributed by atoms with Crippen molar-refractivity contribution in [1.82, 2.24) is 13.9 Å². The maximum atomic E-state index is 12.7. The number of sulfonamides is 1. The van der Waals surface area contributed by atoms with Gasteiger partial charge < -0.3 is 9.88 Å². The molecule has 1 fully saturated rings. The zero-order chi connectivity index (χ0) is 18.0. The van der Waals surface area contributed by atoms with Gasteiger partial charge in [-0.15, -0.1) is 0 Å². The number of rotatable bonds is 4. The van der Waals surface area contributed by atoms with Crippen LogP contribution in [-0.2, 0) is 21.9 Å². The van der Waals surface area contributed by atoms with Gasteiger partial charge in [-0.2, -0.15) is 4.31 Å². The second-order valence-electron chi connectivity index (χ2n) is 6.08. The van der Waals surface area contributed by atoms with E-state index in [9.17, 15) is 13.2 Å². The molecule has 2 heterocycles. The molecule has 0 spiro atoms. The summed E-state index contributed by atoms with van der Waals surface area (Å²) in [6.07, 6.45) is 4.17. The minimum atomic E-state index is -3.69. The zero-order valence-electron chi connectivity index (χ0n) is 13.7. The molecule has 9 heteroatoms. The van der Waals surface area contributed by atoms with Crippen molar-refractivity contribution in [2.24, 2.45) is 13.0 Å². The summed E-state index contributed by atoms with van der Waals surface area (Å²) in [5.74, 6) is -0.616. The van der Waals surface area contributed by atoms with Crippen molar-refractivity contribution >= 4 is 33.2 Å². The van der Waals surface area contributed by atoms with Gasteiger partial charge in [-0.3, -0.25) is 4.79 Å². The van der Waals surface area contributed by atoms with Crippen LogP contribution in [0.15, 0.2) is 41.8 Å². The molecule has 1 amide bonds. The molecular weight excluding hydrogens is 364 g/mol. The standard InChI is InChI=1S/C16H19ClN4O3S/c1-20-10-15(18-11-20)25(23,24)21-7-3-4-12(9-21)16(22)19-14-6-2-5-13(17)8-14/h2,5-6,8,10-12H,3-4,7,9H2,1H3,(H,19,22)/t12-/m1/s1. The van der Waals surface area contributed by atoms with E-state index < -0.39 is 15.9 Å². The topological polar surface area (TPSA) is 84.3 Å². The molecule has 3 rings (SSSR count). The lowest BCUT2D eigenvalue weighted by atomic mass is 9.99. The van der Waals surface area contributed by atoms with E-state index in [2.05, 4.69) is 10.3 Å². The maximum absolute atomic E-state index is 12.7. The molecule has 0 unspecified atom stereocenters. The molecule has 1 aromatic carbocycles. The molecule has 0 saturated carbocycles. The second-order valence-corrected chi connectivity index (χ2v) is 8.40. The lowest BCUT2D eigenvalue weighted by molar-refractivity contribution is -0.120. The Morgan fingerprint density at radius 3 is 2.88 bits per heavy atom. The van der Waals surface area contributed by atoms with Crippen molar-refractivity contribution in [2.45, 2.75) is 17.9 Å². The van der Waals surface area contributed by atoms with Crippen LogP contribution >= 0.6 is 11.6 Å². The summed E-state index contributed by atoms with van der Waals surface area (Å²) >= 11 is 5.92. The molecule has 0 bridgehead atoms. The van der Waals surface area contributed by atoms with E-state index in [1.54, 1.807) is 35.9 Å². The summed E-state index contributed by atoms with van der Waals surface area (Å²) in [4.78, 5) is 16.4. The van der Waals surface area contributed by atoms with E-state index in [1.165, 1.54) is 16.8 Å². The Morgan fingerprint density at radius 2 is 2.20 bits per heavy atom. The molecule has 1 aliphatic heterocycles. The number of hydrogen-bond acceptors (Lipinski definition) is 4. The van der Waals surface area contributed by atoms with E-state index in [4.69, 9.17) is 11.6 Å². The molecule has 1 aliphatic rings. The van der Waals surface area contributed by atoms with E-state index in [0.717, 1.165) is 0 Å². The maximum Gasteiger partial charge on any atom is 0.262 e. The van der Waals surface area contributed by atoms with Gasteiger partial charge in [-0.05, 0) is 31.0 Å². The van der Waals surface area contributed by atoms with Crippen LogP contribution in [0.25, 0.3) is 0 Å². The average Bonchev–Trinajstić information content (AvgIpc) is 3.02. The highest BCUT2D eigenvalue weighted by Crippen LogP contribution is 2.24. The Kier molecular flexibility index (Phi) is 5.12. The quantitative estimate of drug-likeness (QED) is 0.877. The number of carbonyl (C=O) groups is 1. The van der Waals surface area contributed by atoms with Crippen LogP contribution in [0.2, 0.25) is 5.02 Å². The Bertz CT molecular complexity index is 881. The summed E-state index contributed by atoms with van der Waals surface area (Å²) in [7, 11) is -1.98. The van der Waals surface area contributed by atoms with Crippen LogP contribution < -0.4 is 5.32 Å². The van der Waals surface area contributed by atoms with Crippen LogP contribution in [0.5, 0.6) is 0 Å². The molecule has 134 valence electrons. The zero-order valence-corrected chi connectivity index (χ0v) is 15.3. The van der Waals surface area contributed by atoms with Crippen LogP contribution in [0.3, 0.4) is 0 Å². The Labute approximate surface area is 151 Å². The number of imidazole rings is 1. The fourth-order valence-electron chi connectivity index (χ4n) is 2.84. The van der Waals surface area contributed by atoms with E-state index in [1.807, 2.05) is 0 Å². The first-order valence-corrected chi connectivity index (χ1v) is 9.72. The SMILES string of the molecule is Cn1cnc(S(=O)(=O)N2CCC[C@@H](C(=O)Nc3cccc(Cl)c3)C2)c1. The Morgan fingerprint density at radius 1 is 1.40 bits per heavy atom. The number of aromatic nitrogens is 2. The molecule has 0 radical (unpaired) electrons. The van der Waals surface area contributed by atoms with Crippen LogP contribution in [0, 0.1) is 5.92 Å². The number of aryl methyl sites for hydroxylation is 1. The third-order valence-corrected chi connectivity index (χ3v) is 6.12. The van der Waals surface area contributed by atoms with Gasteiger partial charge in [0, 0.05) is 37.0 Å². The number of benzene rings is 1. The first-order chi connectivity index (χ1) is 11.9. The fourth-order valence-corrected chi connectivity index (χ4v) is 4.52. The molecule has 1 atom stereocenters. The number of amides is 1. The summed E-state index contributed by atoms with van der Waals surface area (Å²) in [5, 5.41) is 3.34. The number of nitrogens with zero attached hydrogens (tertiary/aromatic N) is 3. The van der Waals surface area contributed by atoms with Gasteiger partial charge in [0.2, 0.25) is 5.91 Å². The van der Waals surface area contributed by atoms with Crippen molar-refractivity contribution in [3.8, 4) is 0 Å². The third kappa shape index (κ3) is 4.02. The minimum Gasteiger partial charge on any atom is -0.339 e. The molecule has 1 saturated heterocycles. The molecule has 25 heavy (non-hydrogen) atoms. The molecule has 1 aromatic heterocycles. The van der Waals surface area contributed by atoms with Crippen molar-refractivity contribution in [3.63, 3.8) is 0 Å². The highest BCUT2D eigenvalue weighted by molar-refractivity contribution is 7.89. The van der Waals surface area contributed by atoms with Gasteiger partial charge in [-0.25, -0.2) is 13.4 Å². The Balaban J connectivity index is 1.71. The van der Waals surface area contributed by atoms with Crippen LogP contribution in [-0.4, -0.2) is 41.3 Å². The third-order valence-electron chi connectivity index (χ3n) is 4.13. The van der Waals surface area contributed by atoms with Crippen LogP contribution in [0.4, 0.5) is 5.69 Å². The summed E-state index contributed by atoms with van der Waals surface area (Å²) < 4.78 is 28.3. The van der Waals surface area contributed by atoms with E-state index in [-0.39, 0.29) is 17.5 Å². The fraction of sp³-hybridized carbons (Fsp3) is 0.375. The molecule has 2 aromatic rings. The van der Waals surface area contributed by atoms with Crippen LogP contribution in [0.1, 0.15) is 12.8 Å². The summed E-state index contributed by atoms with van der Waals surface area (Å²) in [6.45, 7) is 0.533. The number of piperidine rings is 1. The number of carbonyl (C=O) groups excluding carboxylic acids is 1. The first kappa shape index (κ1) is 17.9. The van der Waals surface area contributed by atoms with Gasteiger partial charge in [0.05, 0.1) is 12.2 Å². The highest BCUT2D eigenvalue weighted by atomic mass is 35.5. The predicted octanol–water partition coefficient (Wildman–Crippen LogP) is 2.11. The number of hydrogen-bond donors (Lipinski definition) is 1. The first-order valence-electron chi connectivity index (χ1n) is 7.91. The normalized spacial score (nSPS) is 18.9. The largest absolute Gasteiger partial charge is 0.339 e. The van der Waals surface area contributed by atoms with Gasteiger partial charge >= 0.3 is 0 Å². The number of anilines is 1. The summed E-state index contributed by atoms with van der Waals surface area (Å²) in [6, 6.07) is 6.87. The lowest BCUT2D eigenvalue weighted by Gasteiger charge is -2.30.